The normalized spacial score (nSPS) is 21.8. The number of carboxylic acid groups (broad SMARTS) is 1. The zero-order chi connectivity index (χ0) is 17.5. The average molecular weight is 325 g/mol. The van der Waals surface area contributed by atoms with Crippen LogP contribution in [0.5, 0.6) is 0 Å². The van der Waals surface area contributed by atoms with Crippen molar-refractivity contribution in [1.82, 2.24) is 0 Å². The van der Waals surface area contributed by atoms with Crippen LogP contribution in [0, 0.1) is 0 Å². The summed E-state index contributed by atoms with van der Waals surface area (Å²) in [5, 5.41) is 19.0. The molecule has 2 N–H and O–H groups in total. The van der Waals surface area contributed by atoms with Crippen LogP contribution in [0.3, 0.4) is 0 Å². The number of β-amino-alcohol motifs (C(OH)–C–C–N with tert-alkyl or cyclic N) is 1. The Hall–Kier alpha value is -2.59. The van der Waals surface area contributed by atoms with E-state index in [1.807, 2.05) is 61.6 Å². The van der Waals surface area contributed by atoms with Crippen molar-refractivity contribution in [2.24, 2.45) is 0 Å². The summed E-state index contributed by atoms with van der Waals surface area (Å²) in [6, 6.07) is 6.99. The van der Waals surface area contributed by atoms with Gasteiger partial charge in [-0.2, -0.15) is 0 Å². The van der Waals surface area contributed by atoms with Crippen LogP contribution >= 0.6 is 0 Å². The number of allylic oxidation sites excluding steroid dienone is 6. The Kier molecular flexibility index (Phi) is 6.15. The van der Waals surface area contributed by atoms with Crippen molar-refractivity contribution >= 4 is 17.7 Å². The molecular formula is C20H23NO3. The third-order valence-electron chi connectivity index (χ3n) is 3.93. The predicted octanol–water partition coefficient (Wildman–Crippen LogP) is 3.41. The molecule has 1 heterocycles. The maximum absolute atomic E-state index is 11.3. The maximum atomic E-state index is 11.3. The molecule has 1 saturated heterocycles. The first-order valence-electron chi connectivity index (χ1n) is 7.96. The van der Waals surface area contributed by atoms with Crippen molar-refractivity contribution in [1.29, 1.82) is 0 Å². The molecule has 0 spiro atoms. The molecule has 1 aromatic carbocycles. The standard InChI is InChI=1S/C20H23NO3/c1-3-5-15(6-4-2)7-8-16-9-11-17(12-10-16)21-14-18(22)13-19(21)20(23)24/h3-12,18-19,22H,1,13-14H2,2H3,(H,23,24)/b6-4-,8-7+,15-5+. The average Bonchev–Trinajstić information content (AvgIpc) is 2.96. The van der Waals surface area contributed by atoms with Crippen LogP contribution in [-0.4, -0.2) is 34.9 Å². The highest BCUT2D eigenvalue weighted by Gasteiger charge is 2.35. The first-order chi connectivity index (χ1) is 11.5. The molecule has 0 saturated carbocycles. The van der Waals surface area contributed by atoms with E-state index in [0.717, 1.165) is 16.8 Å². The molecule has 2 unspecified atom stereocenters. The van der Waals surface area contributed by atoms with Crippen molar-refractivity contribution in [2.45, 2.75) is 25.5 Å². The van der Waals surface area contributed by atoms with Crippen molar-refractivity contribution in [3.05, 3.63) is 72.4 Å². The molecule has 24 heavy (non-hydrogen) atoms. The number of carbonyl (C=O) groups is 1. The summed E-state index contributed by atoms with van der Waals surface area (Å²) < 4.78 is 0. The Morgan fingerprint density at radius 2 is 2.00 bits per heavy atom. The quantitative estimate of drug-likeness (QED) is 0.787. The van der Waals surface area contributed by atoms with Crippen LogP contribution in [0.4, 0.5) is 5.69 Å². The summed E-state index contributed by atoms with van der Waals surface area (Å²) in [4.78, 5) is 13.1. The number of hydrogen-bond acceptors (Lipinski definition) is 3. The third-order valence-corrected chi connectivity index (χ3v) is 3.93. The van der Waals surface area contributed by atoms with Gasteiger partial charge in [0.1, 0.15) is 6.04 Å². The Morgan fingerprint density at radius 3 is 2.58 bits per heavy atom. The lowest BCUT2D eigenvalue weighted by molar-refractivity contribution is -0.138. The second-order valence-electron chi connectivity index (χ2n) is 5.72. The van der Waals surface area contributed by atoms with E-state index in [4.69, 9.17) is 0 Å². The molecule has 0 aromatic heterocycles. The summed E-state index contributed by atoms with van der Waals surface area (Å²) >= 11 is 0. The van der Waals surface area contributed by atoms with Crippen LogP contribution in [0.2, 0.25) is 0 Å². The fourth-order valence-corrected chi connectivity index (χ4v) is 2.80. The molecule has 4 heteroatoms. The maximum Gasteiger partial charge on any atom is 0.326 e. The monoisotopic (exact) mass is 325 g/mol. The molecular weight excluding hydrogens is 302 g/mol. The van der Waals surface area contributed by atoms with Gasteiger partial charge in [0.15, 0.2) is 0 Å². The van der Waals surface area contributed by atoms with Crippen molar-refractivity contribution in [2.75, 3.05) is 11.4 Å². The zero-order valence-corrected chi connectivity index (χ0v) is 13.8. The van der Waals surface area contributed by atoms with Crippen molar-refractivity contribution in [3.63, 3.8) is 0 Å². The molecule has 2 atom stereocenters. The smallest absolute Gasteiger partial charge is 0.326 e. The van der Waals surface area contributed by atoms with Gasteiger partial charge < -0.3 is 15.1 Å². The number of hydrogen-bond donors (Lipinski definition) is 2. The number of aliphatic hydroxyl groups is 1. The molecule has 2 rings (SSSR count). The highest BCUT2D eigenvalue weighted by atomic mass is 16.4. The second-order valence-corrected chi connectivity index (χ2v) is 5.72. The van der Waals surface area contributed by atoms with E-state index in [-0.39, 0.29) is 6.42 Å². The number of benzene rings is 1. The molecule has 4 nitrogen and oxygen atoms in total. The number of aliphatic hydroxyl groups excluding tert-OH is 1. The van der Waals surface area contributed by atoms with Crippen LogP contribution in [0.25, 0.3) is 6.08 Å². The topological polar surface area (TPSA) is 60.8 Å². The highest BCUT2D eigenvalue weighted by molar-refractivity contribution is 5.79. The molecule has 0 bridgehead atoms. The van der Waals surface area contributed by atoms with E-state index in [0.29, 0.717) is 6.54 Å². The second kappa shape index (κ2) is 8.31. The minimum Gasteiger partial charge on any atom is -0.480 e. The Balaban J connectivity index is 2.14. The van der Waals surface area contributed by atoms with Gasteiger partial charge in [-0.25, -0.2) is 4.79 Å². The van der Waals surface area contributed by atoms with Gasteiger partial charge in [0.05, 0.1) is 6.10 Å². The highest BCUT2D eigenvalue weighted by Crippen LogP contribution is 2.26. The van der Waals surface area contributed by atoms with Gasteiger partial charge in [-0.05, 0) is 30.2 Å². The van der Waals surface area contributed by atoms with E-state index >= 15 is 0 Å². The van der Waals surface area contributed by atoms with Gasteiger partial charge in [0.2, 0.25) is 0 Å². The van der Waals surface area contributed by atoms with E-state index in [2.05, 4.69) is 6.58 Å². The fourth-order valence-electron chi connectivity index (χ4n) is 2.80. The van der Waals surface area contributed by atoms with Crippen molar-refractivity contribution in [3.8, 4) is 0 Å². The molecule has 1 fully saturated rings. The Bertz CT molecular complexity index is 671. The van der Waals surface area contributed by atoms with Gasteiger partial charge >= 0.3 is 5.97 Å². The number of anilines is 1. The molecule has 0 amide bonds. The van der Waals surface area contributed by atoms with Crippen LogP contribution < -0.4 is 4.90 Å². The minimum absolute atomic E-state index is 0.260. The zero-order valence-electron chi connectivity index (χ0n) is 13.8. The molecule has 1 aliphatic heterocycles. The molecule has 126 valence electrons. The van der Waals surface area contributed by atoms with E-state index in [1.54, 1.807) is 11.0 Å². The lowest BCUT2D eigenvalue weighted by Crippen LogP contribution is -2.35. The Morgan fingerprint density at radius 1 is 1.29 bits per heavy atom. The van der Waals surface area contributed by atoms with Crippen LogP contribution in [-0.2, 0) is 4.79 Å². The predicted molar refractivity (Wildman–Crippen MR) is 98.0 cm³/mol. The summed E-state index contributed by atoms with van der Waals surface area (Å²) in [6.07, 6.45) is 11.3. The van der Waals surface area contributed by atoms with Gasteiger partial charge in [0.25, 0.3) is 0 Å². The summed E-state index contributed by atoms with van der Waals surface area (Å²) in [5.41, 5.74) is 2.88. The SMILES string of the molecule is C=C/C=C(\C=C/C)/C=C/c1ccc(N2CC(O)CC2C(=O)O)cc1. The number of rotatable bonds is 6. The Labute approximate surface area is 142 Å². The molecule has 1 aliphatic rings. The number of aliphatic carboxylic acids is 1. The first kappa shape index (κ1) is 17.8. The summed E-state index contributed by atoms with van der Waals surface area (Å²) in [7, 11) is 0. The number of nitrogens with zero attached hydrogens (tertiary/aromatic N) is 1. The lowest BCUT2D eigenvalue weighted by Gasteiger charge is -2.23. The summed E-state index contributed by atoms with van der Waals surface area (Å²) in [5.74, 6) is -0.902. The van der Waals surface area contributed by atoms with Crippen LogP contribution in [0.1, 0.15) is 18.9 Å². The largest absolute Gasteiger partial charge is 0.480 e. The van der Waals surface area contributed by atoms with Gasteiger partial charge in [-0.1, -0.05) is 55.2 Å². The fraction of sp³-hybridized carbons (Fsp3) is 0.250. The van der Waals surface area contributed by atoms with E-state index in [1.165, 1.54) is 0 Å². The van der Waals surface area contributed by atoms with Gasteiger partial charge in [-0.3, -0.25) is 0 Å². The summed E-state index contributed by atoms with van der Waals surface area (Å²) in [6.45, 7) is 6.01. The van der Waals surface area contributed by atoms with E-state index in [9.17, 15) is 15.0 Å². The number of carboxylic acids is 1. The molecule has 1 aromatic rings. The lowest BCUT2D eigenvalue weighted by atomic mass is 10.1. The molecule has 0 radical (unpaired) electrons. The van der Waals surface area contributed by atoms with Gasteiger partial charge in [-0.15, -0.1) is 0 Å². The third kappa shape index (κ3) is 4.46. The first-order valence-corrected chi connectivity index (χ1v) is 7.96. The van der Waals surface area contributed by atoms with Crippen LogP contribution in [0.15, 0.2) is 66.8 Å². The van der Waals surface area contributed by atoms with Gasteiger partial charge in [0, 0.05) is 18.7 Å². The molecule has 0 aliphatic carbocycles. The minimum atomic E-state index is -0.902. The van der Waals surface area contributed by atoms with E-state index < -0.39 is 18.1 Å². The van der Waals surface area contributed by atoms with Crippen molar-refractivity contribution < 1.29 is 15.0 Å².